The number of halogens is 1. The molecule has 4 aromatic carbocycles. The molecular weight excluding hydrogens is 384 g/mol. The molecule has 0 N–H and O–H groups in total. The summed E-state index contributed by atoms with van der Waals surface area (Å²) in [7, 11) is 0. The zero-order valence-corrected chi connectivity index (χ0v) is 16.2. The van der Waals surface area contributed by atoms with E-state index in [1.165, 1.54) is 0 Å². The summed E-state index contributed by atoms with van der Waals surface area (Å²) in [5.74, 6) is -0.364. The van der Waals surface area contributed by atoms with Crippen molar-refractivity contribution < 1.29 is 14.3 Å². The second kappa shape index (κ2) is 8.29. The molecule has 0 atom stereocenters. The fraction of sp³-hybridized carbons (Fsp3) is 0.0400. The van der Waals surface area contributed by atoms with E-state index >= 15 is 0 Å². The Morgan fingerprint density at radius 2 is 1.45 bits per heavy atom. The van der Waals surface area contributed by atoms with Crippen molar-refractivity contribution in [2.75, 3.05) is 0 Å². The molecule has 0 aromatic heterocycles. The number of Topliss-reactive ketones (excluding diaryl/α,β-unsaturated/α-hetero) is 1. The van der Waals surface area contributed by atoms with Crippen molar-refractivity contribution >= 4 is 34.1 Å². The van der Waals surface area contributed by atoms with E-state index in [9.17, 15) is 9.59 Å². The Kier molecular flexibility index (Phi) is 5.41. The van der Waals surface area contributed by atoms with Crippen LogP contribution in [0.1, 0.15) is 26.3 Å². The van der Waals surface area contributed by atoms with E-state index in [-0.39, 0.29) is 18.0 Å². The van der Waals surface area contributed by atoms with Gasteiger partial charge in [0.05, 0.1) is 11.1 Å². The molecule has 0 aliphatic rings. The molecule has 142 valence electrons. The number of carbonyl (C=O) groups excluding carboxylic acids is 2. The number of ether oxygens (including phenoxy) is 1. The van der Waals surface area contributed by atoms with Gasteiger partial charge in [0.15, 0.2) is 5.78 Å². The molecule has 0 heterocycles. The molecule has 29 heavy (non-hydrogen) atoms. The third-order valence-electron chi connectivity index (χ3n) is 4.66. The number of hydrogen-bond acceptors (Lipinski definition) is 3. The lowest BCUT2D eigenvalue weighted by molar-refractivity contribution is 0.0735. The molecule has 0 amide bonds. The Hall–Kier alpha value is -3.43. The van der Waals surface area contributed by atoms with Crippen LogP contribution in [0, 0.1) is 0 Å². The molecule has 0 radical (unpaired) electrons. The van der Waals surface area contributed by atoms with Crippen molar-refractivity contribution in [1.29, 1.82) is 0 Å². The van der Waals surface area contributed by atoms with Gasteiger partial charge in [-0.3, -0.25) is 4.79 Å². The standard InChI is InChI=1S/C25H17ClO3/c26-20-13-10-19(11-14-20)25(28)29-24-21-9-5-4-8-18(21)12-15-22(24)23(27)16-17-6-2-1-3-7-17/h1-15H,16H2. The first kappa shape index (κ1) is 18.9. The topological polar surface area (TPSA) is 43.4 Å². The summed E-state index contributed by atoms with van der Waals surface area (Å²) in [5.41, 5.74) is 1.65. The highest BCUT2D eigenvalue weighted by molar-refractivity contribution is 6.30. The Labute approximate surface area is 173 Å². The zero-order valence-electron chi connectivity index (χ0n) is 15.5. The third kappa shape index (κ3) is 4.20. The molecule has 4 heteroatoms. The van der Waals surface area contributed by atoms with Gasteiger partial charge in [0, 0.05) is 16.8 Å². The summed E-state index contributed by atoms with van der Waals surface area (Å²) in [4.78, 5) is 25.8. The highest BCUT2D eigenvalue weighted by atomic mass is 35.5. The first-order valence-electron chi connectivity index (χ1n) is 9.18. The second-order valence-corrected chi connectivity index (χ2v) is 7.08. The zero-order chi connectivity index (χ0) is 20.2. The van der Waals surface area contributed by atoms with E-state index in [0.29, 0.717) is 21.5 Å². The van der Waals surface area contributed by atoms with Crippen LogP contribution in [-0.2, 0) is 6.42 Å². The van der Waals surface area contributed by atoms with E-state index in [1.54, 1.807) is 30.3 Å². The van der Waals surface area contributed by atoms with Gasteiger partial charge in [-0.05, 0) is 41.3 Å². The molecule has 0 bridgehead atoms. The first-order valence-corrected chi connectivity index (χ1v) is 9.56. The van der Waals surface area contributed by atoms with E-state index in [4.69, 9.17) is 16.3 Å². The predicted octanol–water partition coefficient (Wildman–Crippen LogP) is 6.14. The van der Waals surface area contributed by atoms with Crippen LogP contribution in [0.25, 0.3) is 10.8 Å². The molecule has 0 aliphatic heterocycles. The van der Waals surface area contributed by atoms with Crippen LogP contribution >= 0.6 is 11.6 Å². The monoisotopic (exact) mass is 400 g/mol. The van der Waals surface area contributed by atoms with Crippen molar-refractivity contribution in [2.24, 2.45) is 0 Å². The smallest absolute Gasteiger partial charge is 0.343 e. The van der Waals surface area contributed by atoms with Crippen molar-refractivity contribution in [3.8, 4) is 5.75 Å². The van der Waals surface area contributed by atoms with Gasteiger partial charge >= 0.3 is 5.97 Å². The van der Waals surface area contributed by atoms with E-state index in [2.05, 4.69) is 0 Å². The number of benzene rings is 4. The first-order chi connectivity index (χ1) is 14.1. The summed E-state index contributed by atoms with van der Waals surface area (Å²) in [6.07, 6.45) is 0.227. The highest BCUT2D eigenvalue weighted by Gasteiger charge is 2.19. The quantitative estimate of drug-likeness (QED) is 0.229. The van der Waals surface area contributed by atoms with Crippen LogP contribution in [0.15, 0.2) is 91.0 Å². The van der Waals surface area contributed by atoms with Gasteiger partial charge in [0.2, 0.25) is 0 Å². The van der Waals surface area contributed by atoms with Crippen LogP contribution in [-0.4, -0.2) is 11.8 Å². The maximum Gasteiger partial charge on any atom is 0.343 e. The molecule has 4 aromatic rings. The van der Waals surface area contributed by atoms with Gasteiger partial charge < -0.3 is 4.74 Å². The second-order valence-electron chi connectivity index (χ2n) is 6.65. The van der Waals surface area contributed by atoms with Crippen molar-refractivity contribution in [3.63, 3.8) is 0 Å². The van der Waals surface area contributed by atoms with Gasteiger partial charge in [-0.25, -0.2) is 4.79 Å². The molecule has 0 unspecified atom stereocenters. The maximum atomic E-state index is 13.0. The van der Waals surface area contributed by atoms with Crippen LogP contribution in [0.4, 0.5) is 0 Å². The fourth-order valence-corrected chi connectivity index (χ4v) is 3.31. The molecule has 0 saturated heterocycles. The lowest BCUT2D eigenvalue weighted by Gasteiger charge is -2.13. The molecule has 0 aliphatic carbocycles. The minimum Gasteiger partial charge on any atom is -0.421 e. The summed E-state index contributed by atoms with van der Waals surface area (Å²) in [6, 6.07) is 27.1. The Morgan fingerprint density at radius 1 is 0.759 bits per heavy atom. The minimum atomic E-state index is -0.535. The molecule has 4 rings (SSSR count). The minimum absolute atomic E-state index is 0.110. The molecule has 0 saturated carbocycles. The van der Waals surface area contributed by atoms with Crippen LogP contribution < -0.4 is 4.74 Å². The van der Waals surface area contributed by atoms with Crippen molar-refractivity contribution in [1.82, 2.24) is 0 Å². The van der Waals surface area contributed by atoms with E-state index in [0.717, 1.165) is 10.9 Å². The lowest BCUT2D eigenvalue weighted by atomic mass is 9.98. The Bertz CT molecular complexity index is 1180. The average molecular weight is 401 g/mol. The van der Waals surface area contributed by atoms with Gasteiger partial charge in [0.1, 0.15) is 5.75 Å². The lowest BCUT2D eigenvalue weighted by Crippen LogP contribution is -2.13. The van der Waals surface area contributed by atoms with E-state index in [1.807, 2.05) is 60.7 Å². The SMILES string of the molecule is O=C(Oc1c(C(=O)Cc2ccccc2)ccc2ccccc12)c1ccc(Cl)cc1. The summed E-state index contributed by atoms with van der Waals surface area (Å²) in [5, 5.41) is 2.14. The average Bonchev–Trinajstić information content (AvgIpc) is 2.75. The summed E-state index contributed by atoms with van der Waals surface area (Å²) >= 11 is 5.90. The number of fused-ring (bicyclic) bond motifs is 1. The van der Waals surface area contributed by atoms with Gasteiger partial charge in [-0.2, -0.15) is 0 Å². The van der Waals surface area contributed by atoms with Gasteiger partial charge in [0.25, 0.3) is 0 Å². The molecule has 3 nitrogen and oxygen atoms in total. The van der Waals surface area contributed by atoms with Crippen LogP contribution in [0.5, 0.6) is 5.75 Å². The van der Waals surface area contributed by atoms with Gasteiger partial charge in [-0.1, -0.05) is 72.3 Å². The van der Waals surface area contributed by atoms with Crippen molar-refractivity contribution in [3.05, 3.63) is 113 Å². The normalized spacial score (nSPS) is 10.7. The number of hydrogen-bond donors (Lipinski definition) is 0. The van der Waals surface area contributed by atoms with Crippen LogP contribution in [0.3, 0.4) is 0 Å². The maximum absolute atomic E-state index is 13.0. The van der Waals surface area contributed by atoms with Gasteiger partial charge in [-0.15, -0.1) is 0 Å². The Balaban J connectivity index is 1.73. The largest absolute Gasteiger partial charge is 0.421 e. The summed E-state index contributed by atoms with van der Waals surface area (Å²) < 4.78 is 5.74. The third-order valence-corrected chi connectivity index (χ3v) is 4.91. The number of carbonyl (C=O) groups is 2. The molecule has 0 fully saturated rings. The van der Waals surface area contributed by atoms with Crippen LogP contribution in [0.2, 0.25) is 5.02 Å². The van der Waals surface area contributed by atoms with Crippen molar-refractivity contribution in [2.45, 2.75) is 6.42 Å². The predicted molar refractivity (Wildman–Crippen MR) is 115 cm³/mol. The number of rotatable bonds is 5. The Morgan fingerprint density at radius 3 is 2.21 bits per heavy atom. The summed E-state index contributed by atoms with van der Waals surface area (Å²) in [6.45, 7) is 0. The highest BCUT2D eigenvalue weighted by Crippen LogP contribution is 2.32. The number of esters is 1. The molecular formula is C25H17ClO3. The van der Waals surface area contributed by atoms with E-state index < -0.39 is 5.97 Å². The fourth-order valence-electron chi connectivity index (χ4n) is 3.19. The molecule has 0 spiro atoms. The number of ketones is 1.